The van der Waals surface area contributed by atoms with Gasteiger partial charge in [0.05, 0.1) is 22.3 Å². The molecule has 4 rings (SSSR count). The SMILES string of the molecule is NCc1cccc(S(=O)(=O)N2CC(C(=O)N3CCS(=O)(=O)CC3)CC(c3ccccc3)C2)c1. The van der Waals surface area contributed by atoms with Crippen molar-refractivity contribution in [1.29, 1.82) is 0 Å². The molecule has 33 heavy (non-hydrogen) atoms. The molecular weight excluding hydrogens is 462 g/mol. The van der Waals surface area contributed by atoms with E-state index in [-0.39, 0.29) is 61.0 Å². The highest BCUT2D eigenvalue weighted by atomic mass is 32.2. The average molecular weight is 492 g/mol. The van der Waals surface area contributed by atoms with Crippen LogP contribution in [0.2, 0.25) is 0 Å². The van der Waals surface area contributed by atoms with Crippen LogP contribution in [0.15, 0.2) is 59.5 Å². The zero-order valence-electron chi connectivity index (χ0n) is 18.3. The number of hydrogen-bond acceptors (Lipinski definition) is 6. The molecule has 2 aliphatic heterocycles. The van der Waals surface area contributed by atoms with Crippen molar-refractivity contribution in [3.63, 3.8) is 0 Å². The van der Waals surface area contributed by atoms with Gasteiger partial charge in [0, 0.05) is 32.7 Å². The van der Waals surface area contributed by atoms with Crippen molar-refractivity contribution in [2.75, 3.05) is 37.7 Å². The van der Waals surface area contributed by atoms with Crippen molar-refractivity contribution < 1.29 is 21.6 Å². The van der Waals surface area contributed by atoms with Crippen LogP contribution in [0.1, 0.15) is 23.5 Å². The van der Waals surface area contributed by atoms with Gasteiger partial charge in [0.25, 0.3) is 0 Å². The Hall–Kier alpha value is -2.27. The average Bonchev–Trinajstić information content (AvgIpc) is 2.84. The molecule has 2 aromatic rings. The fourth-order valence-electron chi connectivity index (χ4n) is 4.57. The molecule has 0 aliphatic carbocycles. The van der Waals surface area contributed by atoms with Gasteiger partial charge in [-0.1, -0.05) is 42.5 Å². The summed E-state index contributed by atoms with van der Waals surface area (Å²) in [4.78, 5) is 15.1. The van der Waals surface area contributed by atoms with Gasteiger partial charge in [-0.05, 0) is 35.6 Å². The quantitative estimate of drug-likeness (QED) is 0.672. The summed E-state index contributed by atoms with van der Waals surface area (Å²) in [5, 5.41) is 0. The molecular formula is C23H29N3O5S2. The molecule has 2 aromatic carbocycles. The second-order valence-corrected chi connectivity index (χ2v) is 12.9. The van der Waals surface area contributed by atoms with Crippen molar-refractivity contribution >= 4 is 25.8 Å². The van der Waals surface area contributed by atoms with Crippen LogP contribution in [0.3, 0.4) is 0 Å². The number of sulfone groups is 1. The van der Waals surface area contributed by atoms with Crippen LogP contribution in [0, 0.1) is 5.92 Å². The summed E-state index contributed by atoms with van der Waals surface area (Å²) in [6, 6.07) is 16.2. The minimum absolute atomic E-state index is 0.0541. The Labute approximate surface area is 195 Å². The first-order valence-electron chi connectivity index (χ1n) is 11.0. The van der Waals surface area contributed by atoms with Crippen LogP contribution in [-0.2, 0) is 31.2 Å². The van der Waals surface area contributed by atoms with E-state index < -0.39 is 25.8 Å². The fourth-order valence-corrected chi connectivity index (χ4v) is 7.38. The molecule has 2 N–H and O–H groups in total. The third kappa shape index (κ3) is 5.29. The summed E-state index contributed by atoms with van der Waals surface area (Å²) in [6.07, 6.45) is 0.515. The molecule has 0 aromatic heterocycles. The van der Waals surface area contributed by atoms with Gasteiger partial charge >= 0.3 is 0 Å². The van der Waals surface area contributed by atoms with Gasteiger partial charge in [-0.25, -0.2) is 16.8 Å². The maximum Gasteiger partial charge on any atom is 0.243 e. The standard InChI is InChI=1S/C23H29N3O5S2/c24-15-18-5-4-8-22(13-18)33(30,31)26-16-20(19-6-2-1-3-7-19)14-21(17-26)23(27)25-9-11-32(28,29)12-10-25/h1-8,13,20-21H,9-12,14-17,24H2. The van der Waals surface area contributed by atoms with Crippen LogP contribution < -0.4 is 5.73 Å². The Morgan fingerprint density at radius 2 is 1.70 bits per heavy atom. The van der Waals surface area contributed by atoms with Crippen LogP contribution in [-0.4, -0.2) is 69.6 Å². The minimum Gasteiger partial charge on any atom is -0.340 e. The molecule has 2 aliphatic rings. The highest BCUT2D eigenvalue weighted by Gasteiger charge is 2.40. The van der Waals surface area contributed by atoms with E-state index in [2.05, 4.69) is 0 Å². The van der Waals surface area contributed by atoms with Crippen molar-refractivity contribution in [1.82, 2.24) is 9.21 Å². The normalized spacial score (nSPS) is 23.8. The first kappa shape index (κ1) is 23.9. The third-order valence-corrected chi connectivity index (χ3v) is 9.90. The van der Waals surface area contributed by atoms with Gasteiger partial charge in [0.15, 0.2) is 9.84 Å². The number of rotatable bonds is 5. The van der Waals surface area contributed by atoms with Gasteiger partial charge < -0.3 is 10.6 Å². The zero-order chi connectivity index (χ0) is 23.6. The maximum absolute atomic E-state index is 13.5. The highest BCUT2D eigenvalue weighted by molar-refractivity contribution is 7.91. The molecule has 1 amide bonds. The summed E-state index contributed by atoms with van der Waals surface area (Å²) in [5.41, 5.74) is 7.40. The van der Waals surface area contributed by atoms with E-state index >= 15 is 0 Å². The van der Waals surface area contributed by atoms with Gasteiger partial charge in [-0.15, -0.1) is 0 Å². The number of benzene rings is 2. The molecule has 2 heterocycles. The Bertz CT molecular complexity index is 1200. The van der Waals surface area contributed by atoms with Crippen molar-refractivity contribution in [2.24, 2.45) is 11.7 Å². The Kier molecular flexibility index (Phi) is 6.90. The van der Waals surface area contributed by atoms with Crippen LogP contribution in [0.5, 0.6) is 0 Å². The predicted molar refractivity (Wildman–Crippen MR) is 126 cm³/mol. The van der Waals surface area contributed by atoms with Gasteiger partial charge in [0.1, 0.15) is 0 Å². The Morgan fingerprint density at radius 3 is 2.36 bits per heavy atom. The lowest BCUT2D eigenvalue weighted by Crippen LogP contribution is -2.52. The van der Waals surface area contributed by atoms with Crippen molar-refractivity contribution in [3.05, 3.63) is 65.7 Å². The fraction of sp³-hybridized carbons (Fsp3) is 0.435. The highest BCUT2D eigenvalue weighted by Crippen LogP contribution is 2.34. The predicted octanol–water partition coefficient (Wildman–Crippen LogP) is 1.20. The number of piperidine rings is 1. The van der Waals surface area contributed by atoms with E-state index in [9.17, 15) is 21.6 Å². The molecule has 2 saturated heterocycles. The lowest BCUT2D eigenvalue weighted by molar-refractivity contribution is -0.136. The number of nitrogens with zero attached hydrogens (tertiary/aromatic N) is 2. The first-order chi connectivity index (χ1) is 15.7. The third-order valence-electron chi connectivity index (χ3n) is 6.47. The molecule has 0 spiro atoms. The molecule has 178 valence electrons. The van der Waals surface area contributed by atoms with Crippen LogP contribution in [0.25, 0.3) is 0 Å². The molecule has 2 unspecified atom stereocenters. The smallest absolute Gasteiger partial charge is 0.243 e. The summed E-state index contributed by atoms with van der Waals surface area (Å²) < 4.78 is 52.1. The van der Waals surface area contributed by atoms with E-state index in [1.807, 2.05) is 30.3 Å². The van der Waals surface area contributed by atoms with E-state index in [0.717, 1.165) is 11.1 Å². The lowest BCUT2D eigenvalue weighted by atomic mass is 9.85. The monoisotopic (exact) mass is 491 g/mol. The maximum atomic E-state index is 13.5. The first-order valence-corrected chi connectivity index (χ1v) is 14.3. The zero-order valence-corrected chi connectivity index (χ0v) is 20.0. The van der Waals surface area contributed by atoms with Gasteiger partial charge in [-0.3, -0.25) is 4.79 Å². The van der Waals surface area contributed by atoms with Gasteiger partial charge in [-0.2, -0.15) is 4.31 Å². The topological polar surface area (TPSA) is 118 Å². The molecule has 10 heteroatoms. The second-order valence-electron chi connectivity index (χ2n) is 8.69. The number of nitrogens with two attached hydrogens (primary N) is 1. The second kappa shape index (κ2) is 9.54. The summed E-state index contributed by atoms with van der Waals surface area (Å²) in [5.74, 6) is -0.975. The number of amides is 1. The van der Waals surface area contributed by atoms with Crippen molar-refractivity contribution in [2.45, 2.75) is 23.8 Å². The molecule has 2 fully saturated rings. The van der Waals surface area contributed by atoms with E-state index in [1.165, 1.54) is 4.31 Å². The van der Waals surface area contributed by atoms with Crippen LogP contribution in [0.4, 0.5) is 0 Å². The minimum atomic E-state index is -3.84. The molecule has 0 saturated carbocycles. The van der Waals surface area contributed by atoms with Gasteiger partial charge in [0.2, 0.25) is 15.9 Å². The van der Waals surface area contributed by atoms with Crippen molar-refractivity contribution in [3.8, 4) is 0 Å². The van der Waals surface area contributed by atoms with E-state index in [0.29, 0.717) is 6.42 Å². The molecule has 8 nitrogen and oxygen atoms in total. The summed E-state index contributed by atoms with van der Waals surface area (Å²) >= 11 is 0. The largest absolute Gasteiger partial charge is 0.340 e. The van der Waals surface area contributed by atoms with Crippen LogP contribution >= 0.6 is 0 Å². The molecule has 0 radical (unpaired) electrons. The number of sulfonamides is 1. The Morgan fingerprint density at radius 1 is 1.00 bits per heavy atom. The number of carbonyl (C=O) groups excluding carboxylic acids is 1. The Balaban J connectivity index is 1.63. The van der Waals surface area contributed by atoms with E-state index in [4.69, 9.17) is 5.73 Å². The molecule has 2 atom stereocenters. The summed E-state index contributed by atoms with van der Waals surface area (Å²) in [7, 11) is -6.96. The van der Waals surface area contributed by atoms with E-state index in [1.54, 1.807) is 29.2 Å². The molecule has 0 bridgehead atoms. The lowest BCUT2D eigenvalue weighted by Gasteiger charge is -2.39. The number of carbonyl (C=O) groups is 1. The number of hydrogen-bond donors (Lipinski definition) is 1. The summed E-state index contributed by atoms with van der Waals surface area (Å²) in [6.45, 7) is 0.880.